The zero-order chi connectivity index (χ0) is 20.1. The Morgan fingerprint density at radius 1 is 1.07 bits per heavy atom. The largest absolute Gasteiger partial charge is 0.465 e. The molecule has 3 rings (SSSR count). The highest BCUT2D eigenvalue weighted by Gasteiger charge is 2.27. The maximum Gasteiger partial charge on any atom is 0.339 e. The molecule has 1 unspecified atom stereocenters. The number of para-hydroxylation sites is 1. The third kappa shape index (κ3) is 4.64. The second kappa shape index (κ2) is 9.08. The van der Waals surface area contributed by atoms with Crippen LogP contribution in [-0.4, -0.2) is 56.1 Å². The number of nitrogens with two attached hydrogens (primary N) is 1. The van der Waals surface area contributed by atoms with E-state index in [9.17, 15) is 9.59 Å². The molecular weight excluding hydrogens is 378 g/mol. The topological polar surface area (TPSA) is 75.9 Å². The average Bonchev–Trinajstić information content (AvgIpc) is 2.74. The fraction of sp³-hybridized carbons (Fsp3) is 0.333. The molecule has 1 atom stereocenters. The first kappa shape index (κ1) is 20.2. The van der Waals surface area contributed by atoms with Crippen LogP contribution in [-0.2, 0) is 16.0 Å². The summed E-state index contributed by atoms with van der Waals surface area (Å²) in [4.78, 5) is 28.6. The van der Waals surface area contributed by atoms with Gasteiger partial charge in [0, 0.05) is 31.2 Å². The van der Waals surface area contributed by atoms with Crippen molar-refractivity contribution in [3.8, 4) is 0 Å². The van der Waals surface area contributed by atoms with Crippen LogP contribution in [0.15, 0.2) is 48.5 Å². The molecule has 1 fully saturated rings. The first-order valence-corrected chi connectivity index (χ1v) is 9.58. The number of anilines is 1. The zero-order valence-electron chi connectivity index (χ0n) is 15.8. The number of methoxy groups -OCH3 is 1. The van der Waals surface area contributed by atoms with Crippen molar-refractivity contribution in [1.29, 1.82) is 0 Å². The molecule has 0 saturated carbocycles. The van der Waals surface area contributed by atoms with Crippen molar-refractivity contribution < 1.29 is 14.3 Å². The molecule has 0 radical (unpaired) electrons. The minimum absolute atomic E-state index is 0.0594. The van der Waals surface area contributed by atoms with Crippen molar-refractivity contribution in [2.24, 2.45) is 5.73 Å². The van der Waals surface area contributed by atoms with Crippen molar-refractivity contribution in [3.63, 3.8) is 0 Å². The van der Waals surface area contributed by atoms with Gasteiger partial charge in [0.2, 0.25) is 5.91 Å². The van der Waals surface area contributed by atoms with Crippen LogP contribution in [0.3, 0.4) is 0 Å². The van der Waals surface area contributed by atoms with Crippen LogP contribution in [0.4, 0.5) is 5.69 Å². The number of benzene rings is 2. The summed E-state index contributed by atoms with van der Waals surface area (Å²) >= 11 is 5.90. The van der Waals surface area contributed by atoms with Crippen LogP contribution in [0.2, 0.25) is 5.02 Å². The molecule has 0 aliphatic carbocycles. The molecule has 7 heteroatoms. The third-order valence-corrected chi connectivity index (χ3v) is 5.18. The van der Waals surface area contributed by atoms with Crippen molar-refractivity contribution in [1.82, 2.24) is 4.90 Å². The Bertz CT molecular complexity index is 833. The van der Waals surface area contributed by atoms with Gasteiger partial charge in [-0.05, 0) is 36.2 Å². The van der Waals surface area contributed by atoms with E-state index in [4.69, 9.17) is 22.1 Å². The van der Waals surface area contributed by atoms with E-state index in [0.29, 0.717) is 43.2 Å². The average molecular weight is 402 g/mol. The number of nitrogens with zero attached hydrogens (tertiary/aromatic N) is 2. The first-order valence-electron chi connectivity index (χ1n) is 9.20. The van der Waals surface area contributed by atoms with Crippen molar-refractivity contribution in [2.75, 3.05) is 38.2 Å². The van der Waals surface area contributed by atoms with Crippen molar-refractivity contribution in [3.05, 3.63) is 64.7 Å². The predicted octanol–water partition coefficient (Wildman–Crippen LogP) is 2.35. The van der Waals surface area contributed by atoms with Gasteiger partial charge in [0.05, 0.1) is 24.4 Å². The van der Waals surface area contributed by atoms with E-state index in [-0.39, 0.29) is 11.9 Å². The Morgan fingerprint density at radius 3 is 2.36 bits per heavy atom. The smallest absolute Gasteiger partial charge is 0.339 e. The third-order valence-electron chi connectivity index (χ3n) is 4.93. The number of amides is 1. The zero-order valence-corrected chi connectivity index (χ0v) is 16.6. The van der Waals surface area contributed by atoms with Gasteiger partial charge in [-0.1, -0.05) is 35.9 Å². The van der Waals surface area contributed by atoms with E-state index in [2.05, 4.69) is 4.90 Å². The fourth-order valence-electron chi connectivity index (χ4n) is 3.40. The normalized spacial score (nSPS) is 15.2. The summed E-state index contributed by atoms with van der Waals surface area (Å²) in [6, 6.07) is 14.1. The minimum atomic E-state index is -0.588. The van der Waals surface area contributed by atoms with E-state index in [1.807, 2.05) is 30.3 Å². The summed E-state index contributed by atoms with van der Waals surface area (Å²) in [6.45, 7) is 2.38. The molecule has 148 valence electrons. The van der Waals surface area contributed by atoms with Gasteiger partial charge in [0.25, 0.3) is 0 Å². The maximum absolute atomic E-state index is 12.7. The second-order valence-electron chi connectivity index (χ2n) is 6.76. The number of halogens is 1. The highest BCUT2D eigenvalue weighted by atomic mass is 35.5. The number of hydrogen-bond donors (Lipinski definition) is 1. The molecule has 2 aromatic rings. The Balaban J connectivity index is 1.60. The summed E-state index contributed by atoms with van der Waals surface area (Å²) < 4.78 is 4.87. The molecule has 2 aromatic carbocycles. The van der Waals surface area contributed by atoms with E-state index < -0.39 is 6.04 Å². The van der Waals surface area contributed by atoms with Crippen LogP contribution in [0.5, 0.6) is 0 Å². The summed E-state index contributed by atoms with van der Waals surface area (Å²) in [7, 11) is 1.37. The molecule has 28 heavy (non-hydrogen) atoms. The van der Waals surface area contributed by atoms with Crippen LogP contribution in [0.25, 0.3) is 0 Å². The lowest BCUT2D eigenvalue weighted by molar-refractivity contribution is -0.132. The maximum atomic E-state index is 12.7. The van der Waals surface area contributed by atoms with Gasteiger partial charge >= 0.3 is 5.97 Å². The van der Waals surface area contributed by atoms with Crippen LogP contribution in [0, 0.1) is 0 Å². The van der Waals surface area contributed by atoms with Crippen molar-refractivity contribution >= 4 is 29.2 Å². The highest BCUT2D eigenvalue weighted by Crippen LogP contribution is 2.23. The Kier molecular flexibility index (Phi) is 6.54. The Morgan fingerprint density at radius 2 is 1.71 bits per heavy atom. The molecule has 0 aromatic heterocycles. The minimum Gasteiger partial charge on any atom is -0.465 e. The summed E-state index contributed by atoms with van der Waals surface area (Å²) in [6.07, 6.45) is 0.474. The summed E-state index contributed by atoms with van der Waals surface area (Å²) in [5, 5.41) is 0.659. The quantitative estimate of drug-likeness (QED) is 0.778. The van der Waals surface area contributed by atoms with E-state index in [1.165, 1.54) is 7.11 Å². The molecule has 1 saturated heterocycles. The highest BCUT2D eigenvalue weighted by molar-refractivity contribution is 6.30. The van der Waals surface area contributed by atoms with E-state index in [0.717, 1.165) is 11.3 Å². The lowest BCUT2D eigenvalue weighted by atomic mass is 10.0. The number of rotatable bonds is 5. The van der Waals surface area contributed by atoms with Gasteiger partial charge in [0.15, 0.2) is 0 Å². The number of hydrogen-bond acceptors (Lipinski definition) is 5. The molecule has 1 amide bonds. The lowest BCUT2D eigenvalue weighted by Crippen LogP contribution is -2.53. The predicted molar refractivity (Wildman–Crippen MR) is 110 cm³/mol. The summed E-state index contributed by atoms with van der Waals surface area (Å²) in [5.74, 6) is -0.421. The number of carbonyl (C=O) groups is 2. The van der Waals surface area contributed by atoms with Gasteiger partial charge in [-0.25, -0.2) is 4.79 Å². The SMILES string of the molecule is COC(=O)c1ccccc1N1CCN(C(=O)C(N)Cc2ccc(Cl)cc2)CC1. The lowest BCUT2D eigenvalue weighted by Gasteiger charge is -2.37. The number of piperazine rings is 1. The number of carbonyl (C=O) groups excluding carboxylic acids is 2. The van der Waals surface area contributed by atoms with E-state index >= 15 is 0 Å². The first-order chi connectivity index (χ1) is 13.5. The standard InChI is InChI=1S/C21H24ClN3O3/c1-28-21(27)17-4-2-3-5-19(17)24-10-12-25(13-11-24)20(26)18(23)14-15-6-8-16(22)9-7-15/h2-9,18H,10-14,23H2,1H3. The van der Waals surface area contributed by atoms with Crippen LogP contribution in [0.1, 0.15) is 15.9 Å². The van der Waals surface area contributed by atoms with Crippen molar-refractivity contribution in [2.45, 2.75) is 12.5 Å². The molecule has 2 N–H and O–H groups in total. The number of ether oxygens (including phenoxy) is 1. The fourth-order valence-corrected chi connectivity index (χ4v) is 3.52. The number of esters is 1. The molecular formula is C21H24ClN3O3. The molecule has 6 nitrogen and oxygen atoms in total. The Hall–Kier alpha value is -2.57. The molecule has 1 heterocycles. The second-order valence-corrected chi connectivity index (χ2v) is 7.19. The Labute approximate surface area is 169 Å². The van der Waals surface area contributed by atoms with E-state index in [1.54, 1.807) is 23.1 Å². The van der Waals surface area contributed by atoms with Gasteiger partial charge in [-0.3, -0.25) is 4.79 Å². The molecule has 0 spiro atoms. The van der Waals surface area contributed by atoms with Gasteiger partial charge in [-0.15, -0.1) is 0 Å². The van der Waals surface area contributed by atoms with Gasteiger partial charge in [-0.2, -0.15) is 0 Å². The van der Waals surface area contributed by atoms with Crippen LogP contribution >= 0.6 is 11.6 Å². The van der Waals surface area contributed by atoms with Gasteiger partial charge in [0.1, 0.15) is 0 Å². The summed E-state index contributed by atoms with van der Waals surface area (Å²) in [5.41, 5.74) is 8.49. The monoisotopic (exact) mass is 401 g/mol. The molecule has 0 bridgehead atoms. The van der Waals surface area contributed by atoms with Gasteiger partial charge < -0.3 is 20.3 Å². The van der Waals surface area contributed by atoms with Crippen LogP contribution < -0.4 is 10.6 Å². The molecule has 1 aliphatic heterocycles. The molecule has 1 aliphatic rings.